The van der Waals surface area contributed by atoms with Gasteiger partial charge in [0.1, 0.15) is 5.60 Å². The molecule has 0 amide bonds. The molecule has 0 fully saturated rings. The molecular weight excluding hydrogens is 283 g/mol. The first kappa shape index (κ1) is 15.3. The van der Waals surface area contributed by atoms with Crippen LogP contribution in [0.3, 0.4) is 0 Å². The fourth-order valence-electron chi connectivity index (χ4n) is 1.84. The lowest BCUT2D eigenvalue weighted by atomic mass is 10.1. The lowest BCUT2D eigenvalue weighted by Gasteiger charge is -2.19. The second kappa shape index (κ2) is 5.02. The van der Waals surface area contributed by atoms with Gasteiger partial charge in [-0.05, 0) is 32.9 Å². The number of hydrogen-bond acceptors (Lipinski definition) is 3. The van der Waals surface area contributed by atoms with Gasteiger partial charge in [0, 0.05) is 11.6 Å². The molecule has 1 aromatic heterocycles. The predicted molar refractivity (Wildman–Crippen MR) is 71.9 cm³/mol. The minimum atomic E-state index is -4.49. The smallest absolute Gasteiger partial charge is 0.418 e. The maximum Gasteiger partial charge on any atom is 0.418 e. The average Bonchev–Trinajstić information content (AvgIpc) is 2.34. The molecule has 0 radical (unpaired) electrons. The maximum atomic E-state index is 12.9. The molecule has 0 saturated heterocycles. The molecule has 0 N–H and O–H groups in total. The number of halogens is 3. The SMILES string of the molecule is CC(C)(C)OC(=O)c1cnc2c(C(F)(F)F)cccc2c1. The molecule has 3 nitrogen and oxygen atoms in total. The van der Waals surface area contributed by atoms with Crippen LogP contribution in [0.15, 0.2) is 30.5 Å². The Labute approximate surface area is 119 Å². The van der Waals surface area contributed by atoms with Crippen molar-refractivity contribution >= 4 is 16.9 Å². The summed E-state index contributed by atoms with van der Waals surface area (Å²) in [5, 5.41) is 0.244. The number of para-hydroxylation sites is 1. The molecule has 0 aliphatic carbocycles. The van der Waals surface area contributed by atoms with E-state index in [4.69, 9.17) is 4.74 Å². The van der Waals surface area contributed by atoms with E-state index < -0.39 is 23.3 Å². The number of benzene rings is 1. The van der Waals surface area contributed by atoms with Crippen molar-refractivity contribution in [1.82, 2.24) is 4.98 Å². The zero-order valence-electron chi connectivity index (χ0n) is 11.8. The molecule has 2 aromatic rings. The third-order valence-corrected chi connectivity index (χ3v) is 2.65. The number of rotatable bonds is 1. The van der Waals surface area contributed by atoms with Gasteiger partial charge in [-0.15, -0.1) is 0 Å². The number of carbonyl (C=O) groups is 1. The van der Waals surface area contributed by atoms with Crippen LogP contribution in [0, 0.1) is 0 Å². The molecule has 1 heterocycles. The van der Waals surface area contributed by atoms with E-state index in [0.717, 1.165) is 12.3 Å². The zero-order chi connectivity index (χ0) is 15.8. The summed E-state index contributed by atoms with van der Waals surface area (Å²) < 4.78 is 43.8. The first-order valence-electron chi connectivity index (χ1n) is 6.27. The van der Waals surface area contributed by atoms with Gasteiger partial charge in [-0.3, -0.25) is 4.98 Å². The van der Waals surface area contributed by atoms with Gasteiger partial charge in [-0.2, -0.15) is 13.2 Å². The van der Waals surface area contributed by atoms with E-state index in [1.807, 2.05) is 0 Å². The Kier molecular flexibility index (Phi) is 3.65. The highest BCUT2D eigenvalue weighted by Crippen LogP contribution is 2.33. The fourth-order valence-corrected chi connectivity index (χ4v) is 1.84. The Morgan fingerprint density at radius 3 is 2.43 bits per heavy atom. The predicted octanol–water partition coefficient (Wildman–Crippen LogP) is 4.21. The second-order valence-corrected chi connectivity index (χ2v) is 5.60. The van der Waals surface area contributed by atoms with E-state index >= 15 is 0 Å². The third kappa shape index (κ3) is 3.51. The van der Waals surface area contributed by atoms with Gasteiger partial charge in [0.05, 0.1) is 16.6 Å². The van der Waals surface area contributed by atoms with Gasteiger partial charge in [0.2, 0.25) is 0 Å². The molecule has 0 bridgehead atoms. The highest BCUT2D eigenvalue weighted by Gasteiger charge is 2.33. The molecule has 6 heteroatoms. The Bertz CT molecular complexity index is 687. The Morgan fingerprint density at radius 2 is 1.86 bits per heavy atom. The van der Waals surface area contributed by atoms with E-state index in [2.05, 4.69) is 4.98 Å². The molecule has 21 heavy (non-hydrogen) atoms. The second-order valence-electron chi connectivity index (χ2n) is 5.60. The summed E-state index contributed by atoms with van der Waals surface area (Å²) in [7, 11) is 0. The van der Waals surface area contributed by atoms with Crippen molar-refractivity contribution in [3.63, 3.8) is 0 Å². The summed E-state index contributed by atoms with van der Waals surface area (Å²) in [6, 6.07) is 5.07. The molecule has 112 valence electrons. The lowest BCUT2D eigenvalue weighted by Crippen LogP contribution is -2.24. The van der Waals surface area contributed by atoms with Gasteiger partial charge in [0.15, 0.2) is 0 Å². The zero-order valence-corrected chi connectivity index (χ0v) is 11.8. The van der Waals surface area contributed by atoms with Crippen LogP contribution in [-0.2, 0) is 10.9 Å². The van der Waals surface area contributed by atoms with Crippen molar-refractivity contribution in [2.24, 2.45) is 0 Å². The normalized spacial score (nSPS) is 12.5. The van der Waals surface area contributed by atoms with Crippen LogP contribution in [0.5, 0.6) is 0 Å². The number of alkyl halides is 3. The number of aromatic nitrogens is 1. The van der Waals surface area contributed by atoms with E-state index in [-0.39, 0.29) is 16.5 Å². The topological polar surface area (TPSA) is 39.2 Å². The van der Waals surface area contributed by atoms with Gasteiger partial charge >= 0.3 is 12.1 Å². The molecule has 1 aromatic carbocycles. The number of carbonyl (C=O) groups excluding carboxylic acids is 1. The molecule has 0 aliphatic heterocycles. The van der Waals surface area contributed by atoms with Gasteiger partial charge in [-0.1, -0.05) is 12.1 Å². The molecule has 0 saturated carbocycles. The molecule has 0 spiro atoms. The van der Waals surface area contributed by atoms with Crippen molar-refractivity contribution in [2.75, 3.05) is 0 Å². The van der Waals surface area contributed by atoms with Crippen LogP contribution in [-0.4, -0.2) is 16.6 Å². The molecule has 2 rings (SSSR count). The molecule has 0 aliphatic rings. The van der Waals surface area contributed by atoms with Crippen LogP contribution >= 0.6 is 0 Å². The Morgan fingerprint density at radius 1 is 1.19 bits per heavy atom. The van der Waals surface area contributed by atoms with Crippen LogP contribution in [0.25, 0.3) is 10.9 Å². The highest BCUT2D eigenvalue weighted by atomic mass is 19.4. The number of nitrogens with zero attached hydrogens (tertiary/aromatic N) is 1. The van der Waals surface area contributed by atoms with Crippen molar-refractivity contribution in [3.05, 3.63) is 41.6 Å². The van der Waals surface area contributed by atoms with E-state index in [0.29, 0.717) is 0 Å². The summed E-state index contributed by atoms with van der Waals surface area (Å²) in [5.41, 5.74) is -1.57. The number of esters is 1. The molecule has 0 atom stereocenters. The fraction of sp³-hybridized carbons (Fsp3) is 0.333. The van der Waals surface area contributed by atoms with E-state index in [1.54, 1.807) is 20.8 Å². The number of pyridine rings is 1. The van der Waals surface area contributed by atoms with Crippen LogP contribution in [0.1, 0.15) is 36.7 Å². The first-order valence-corrected chi connectivity index (χ1v) is 6.27. The molecule has 0 unspecified atom stereocenters. The van der Waals surface area contributed by atoms with Gasteiger partial charge in [0.25, 0.3) is 0 Å². The summed E-state index contributed by atoms with van der Waals surface area (Å²) in [6.07, 6.45) is -3.38. The van der Waals surface area contributed by atoms with E-state index in [1.165, 1.54) is 18.2 Å². The maximum absolute atomic E-state index is 12.9. The standard InChI is InChI=1S/C15H14F3NO2/c1-14(2,3)21-13(20)10-7-9-5-4-6-11(15(16,17)18)12(9)19-8-10/h4-8H,1-3H3. The summed E-state index contributed by atoms with van der Waals surface area (Å²) in [5.74, 6) is -0.616. The minimum absolute atomic E-state index is 0.122. The third-order valence-electron chi connectivity index (χ3n) is 2.65. The average molecular weight is 297 g/mol. The number of hydrogen-bond donors (Lipinski definition) is 0. The largest absolute Gasteiger partial charge is 0.456 e. The first-order chi connectivity index (χ1) is 9.58. The Balaban J connectivity index is 2.47. The van der Waals surface area contributed by atoms with Crippen molar-refractivity contribution in [1.29, 1.82) is 0 Å². The van der Waals surface area contributed by atoms with Crippen LogP contribution in [0.4, 0.5) is 13.2 Å². The number of fused-ring (bicyclic) bond motifs is 1. The summed E-state index contributed by atoms with van der Waals surface area (Å²) in [6.45, 7) is 5.13. The Hall–Kier alpha value is -2.11. The number of ether oxygens (including phenoxy) is 1. The van der Waals surface area contributed by atoms with E-state index in [9.17, 15) is 18.0 Å². The van der Waals surface area contributed by atoms with Crippen molar-refractivity contribution < 1.29 is 22.7 Å². The summed E-state index contributed by atoms with van der Waals surface area (Å²) >= 11 is 0. The quantitative estimate of drug-likeness (QED) is 0.740. The van der Waals surface area contributed by atoms with Crippen LogP contribution < -0.4 is 0 Å². The van der Waals surface area contributed by atoms with Crippen LogP contribution in [0.2, 0.25) is 0 Å². The van der Waals surface area contributed by atoms with Crippen molar-refractivity contribution in [2.45, 2.75) is 32.5 Å². The van der Waals surface area contributed by atoms with Gasteiger partial charge < -0.3 is 4.74 Å². The molecular formula is C15H14F3NO2. The highest BCUT2D eigenvalue weighted by molar-refractivity contribution is 5.94. The van der Waals surface area contributed by atoms with Gasteiger partial charge in [-0.25, -0.2) is 4.79 Å². The monoisotopic (exact) mass is 297 g/mol. The lowest BCUT2D eigenvalue weighted by molar-refractivity contribution is -0.136. The van der Waals surface area contributed by atoms with Crippen molar-refractivity contribution in [3.8, 4) is 0 Å². The summed E-state index contributed by atoms with van der Waals surface area (Å²) in [4.78, 5) is 15.7. The minimum Gasteiger partial charge on any atom is -0.456 e.